The molecule has 4 nitrogen and oxygen atoms in total. The van der Waals surface area contributed by atoms with E-state index in [4.69, 9.17) is 23.2 Å². The van der Waals surface area contributed by atoms with Crippen LogP contribution in [0.1, 0.15) is 13.3 Å². The van der Waals surface area contributed by atoms with Crippen LogP contribution in [-0.4, -0.2) is 55.0 Å². The Morgan fingerprint density at radius 3 is 2.52 bits per heavy atom. The number of nitrogens with zero attached hydrogens (tertiary/aromatic N) is 2. The molecule has 0 aliphatic carbocycles. The highest BCUT2D eigenvalue weighted by molar-refractivity contribution is 6.42. The summed E-state index contributed by atoms with van der Waals surface area (Å²) in [4.78, 5) is 16.4. The number of halogens is 2. The Bertz CT molecular complexity index is 488. The lowest BCUT2D eigenvalue weighted by Gasteiger charge is -2.34. The molecule has 0 spiro atoms. The Kier molecular flexibility index (Phi) is 6.15. The summed E-state index contributed by atoms with van der Waals surface area (Å²) in [6.07, 6.45) is 0.492. The first-order chi connectivity index (χ1) is 10.1. The number of piperazine rings is 1. The van der Waals surface area contributed by atoms with E-state index in [2.05, 4.69) is 17.1 Å². The van der Waals surface area contributed by atoms with Crippen molar-refractivity contribution in [3.63, 3.8) is 0 Å². The van der Waals surface area contributed by atoms with Gasteiger partial charge in [0.1, 0.15) is 0 Å². The quantitative estimate of drug-likeness (QED) is 0.902. The standard InChI is InChI=1S/C15H21Cl2N3O/c1-2-19-7-9-20(10-8-19)15(21)5-6-18-12-3-4-13(16)14(17)11-12/h3-4,11,18H,2,5-10H2,1H3. The van der Waals surface area contributed by atoms with Crippen LogP contribution in [0.4, 0.5) is 5.69 Å². The SMILES string of the molecule is CCN1CCN(C(=O)CCNc2ccc(Cl)c(Cl)c2)CC1. The first-order valence-corrected chi connectivity index (χ1v) is 8.05. The Hall–Kier alpha value is -0.970. The van der Waals surface area contributed by atoms with Gasteiger partial charge in [-0.25, -0.2) is 0 Å². The van der Waals surface area contributed by atoms with Gasteiger partial charge in [-0.3, -0.25) is 4.79 Å². The molecule has 1 aromatic carbocycles. The van der Waals surface area contributed by atoms with E-state index in [1.807, 2.05) is 11.0 Å². The molecule has 1 aromatic rings. The lowest BCUT2D eigenvalue weighted by Crippen LogP contribution is -2.48. The zero-order valence-electron chi connectivity index (χ0n) is 12.2. The van der Waals surface area contributed by atoms with Crippen LogP contribution >= 0.6 is 23.2 Å². The molecule has 1 aliphatic rings. The molecule has 116 valence electrons. The molecule has 1 amide bonds. The van der Waals surface area contributed by atoms with E-state index in [-0.39, 0.29) is 5.91 Å². The Labute approximate surface area is 136 Å². The van der Waals surface area contributed by atoms with Gasteiger partial charge in [0, 0.05) is 44.8 Å². The van der Waals surface area contributed by atoms with Crippen molar-refractivity contribution in [1.29, 1.82) is 0 Å². The monoisotopic (exact) mass is 329 g/mol. The van der Waals surface area contributed by atoms with Crippen molar-refractivity contribution < 1.29 is 4.79 Å². The van der Waals surface area contributed by atoms with Crippen LogP contribution in [0, 0.1) is 0 Å². The predicted molar refractivity (Wildman–Crippen MR) is 88.3 cm³/mol. The predicted octanol–water partition coefficient (Wildman–Crippen LogP) is 2.96. The molecule has 0 aromatic heterocycles. The maximum absolute atomic E-state index is 12.1. The van der Waals surface area contributed by atoms with Crippen LogP contribution in [0.25, 0.3) is 0 Å². The minimum absolute atomic E-state index is 0.207. The van der Waals surface area contributed by atoms with Crippen LogP contribution in [0.15, 0.2) is 18.2 Å². The summed E-state index contributed by atoms with van der Waals surface area (Å²) in [7, 11) is 0. The summed E-state index contributed by atoms with van der Waals surface area (Å²) < 4.78 is 0. The number of hydrogen-bond acceptors (Lipinski definition) is 3. The number of anilines is 1. The Morgan fingerprint density at radius 2 is 1.90 bits per heavy atom. The molecule has 0 bridgehead atoms. The maximum Gasteiger partial charge on any atom is 0.224 e. The second-order valence-electron chi connectivity index (χ2n) is 5.12. The molecule has 6 heteroatoms. The molecule has 1 aliphatic heterocycles. The van der Waals surface area contributed by atoms with Gasteiger partial charge in [-0.15, -0.1) is 0 Å². The molecule has 0 atom stereocenters. The van der Waals surface area contributed by atoms with Gasteiger partial charge in [-0.2, -0.15) is 0 Å². The smallest absolute Gasteiger partial charge is 0.224 e. The van der Waals surface area contributed by atoms with E-state index in [0.29, 0.717) is 23.0 Å². The molecule has 1 N–H and O–H groups in total. The number of likely N-dealkylation sites (N-methyl/N-ethyl adjacent to an activating group) is 1. The number of amides is 1. The lowest BCUT2D eigenvalue weighted by atomic mass is 10.2. The first kappa shape index (κ1) is 16.4. The molecule has 1 fully saturated rings. The molecule has 0 unspecified atom stereocenters. The van der Waals surface area contributed by atoms with E-state index in [0.717, 1.165) is 38.4 Å². The minimum atomic E-state index is 0.207. The first-order valence-electron chi connectivity index (χ1n) is 7.29. The third-order valence-electron chi connectivity index (χ3n) is 3.76. The molecule has 0 radical (unpaired) electrons. The van der Waals surface area contributed by atoms with E-state index in [1.54, 1.807) is 12.1 Å². The fraction of sp³-hybridized carbons (Fsp3) is 0.533. The van der Waals surface area contributed by atoms with Gasteiger partial charge in [0.2, 0.25) is 5.91 Å². The summed E-state index contributed by atoms with van der Waals surface area (Å²) in [6, 6.07) is 5.38. The third-order valence-corrected chi connectivity index (χ3v) is 4.50. The topological polar surface area (TPSA) is 35.6 Å². The van der Waals surface area contributed by atoms with Gasteiger partial charge in [0.05, 0.1) is 10.0 Å². The van der Waals surface area contributed by atoms with Crippen LogP contribution in [0.5, 0.6) is 0 Å². The highest BCUT2D eigenvalue weighted by Crippen LogP contribution is 2.24. The number of rotatable bonds is 5. The van der Waals surface area contributed by atoms with Crippen LogP contribution in [0.2, 0.25) is 10.0 Å². The molecule has 1 saturated heterocycles. The van der Waals surface area contributed by atoms with E-state index < -0.39 is 0 Å². The second kappa shape index (κ2) is 7.87. The van der Waals surface area contributed by atoms with Crippen LogP contribution in [-0.2, 0) is 4.79 Å². The van der Waals surface area contributed by atoms with Gasteiger partial charge in [-0.05, 0) is 24.7 Å². The average molecular weight is 330 g/mol. The zero-order chi connectivity index (χ0) is 15.2. The van der Waals surface area contributed by atoms with Crippen molar-refractivity contribution in [2.45, 2.75) is 13.3 Å². The average Bonchev–Trinajstić information content (AvgIpc) is 2.51. The summed E-state index contributed by atoms with van der Waals surface area (Å²) >= 11 is 11.8. The summed E-state index contributed by atoms with van der Waals surface area (Å²) in [6.45, 7) is 7.42. The molecule has 2 rings (SSSR count). The van der Waals surface area contributed by atoms with Gasteiger partial charge in [0.25, 0.3) is 0 Å². The van der Waals surface area contributed by atoms with Gasteiger partial charge in [-0.1, -0.05) is 30.1 Å². The third kappa shape index (κ3) is 4.77. The Balaban J connectivity index is 1.73. The maximum atomic E-state index is 12.1. The summed E-state index contributed by atoms with van der Waals surface area (Å²) in [5.41, 5.74) is 0.882. The van der Waals surface area contributed by atoms with Crippen molar-refractivity contribution in [3.05, 3.63) is 28.2 Å². The lowest BCUT2D eigenvalue weighted by molar-refractivity contribution is -0.132. The van der Waals surface area contributed by atoms with Crippen LogP contribution in [0.3, 0.4) is 0 Å². The highest BCUT2D eigenvalue weighted by Gasteiger charge is 2.19. The molecule has 21 heavy (non-hydrogen) atoms. The van der Waals surface area contributed by atoms with Crippen LogP contribution < -0.4 is 5.32 Å². The fourth-order valence-electron chi connectivity index (χ4n) is 2.39. The van der Waals surface area contributed by atoms with Crippen molar-refractivity contribution in [2.75, 3.05) is 44.6 Å². The summed E-state index contributed by atoms with van der Waals surface area (Å²) in [5, 5.41) is 4.25. The fourth-order valence-corrected chi connectivity index (χ4v) is 2.69. The van der Waals surface area contributed by atoms with Crippen molar-refractivity contribution in [2.24, 2.45) is 0 Å². The van der Waals surface area contributed by atoms with Gasteiger partial charge in [0.15, 0.2) is 0 Å². The number of carbonyl (C=O) groups is 1. The van der Waals surface area contributed by atoms with Crippen molar-refractivity contribution in [3.8, 4) is 0 Å². The highest BCUT2D eigenvalue weighted by atomic mass is 35.5. The number of benzene rings is 1. The summed E-state index contributed by atoms with van der Waals surface area (Å²) in [5.74, 6) is 0.207. The van der Waals surface area contributed by atoms with Gasteiger partial charge < -0.3 is 15.1 Å². The largest absolute Gasteiger partial charge is 0.384 e. The van der Waals surface area contributed by atoms with Gasteiger partial charge >= 0.3 is 0 Å². The van der Waals surface area contributed by atoms with E-state index in [9.17, 15) is 4.79 Å². The second-order valence-corrected chi connectivity index (χ2v) is 5.94. The number of nitrogens with one attached hydrogen (secondary N) is 1. The zero-order valence-corrected chi connectivity index (χ0v) is 13.8. The molecule has 0 saturated carbocycles. The normalized spacial score (nSPS) is 16.0. The molecular formula is C15H21Cl2N3O. The Morgan fingerprint density at radius 1 is 1.19 bits per heavy atom. The minimum Gasteiger partial charge on any atom is -0.384 e. The molecule has 1 heterocycles. The van der Waals surface area contributed by atoms with E-state index in [1.165, 1.54) is 0 Å². The number of hydrogen-bond donors (Lipinski definition) is 1. The van der Waals surface area contributed by atoms with Crippen molar-refractivity contribution in [1.82, 2.24) is 9.80 Å². The molecular weight excluding hydrogens is 309 g/mol. The number of carbonyl (C=O) groups excluding carboxylic acids is 1. The van der Waals surface area contributed by atoms with E-state index >= 15 is 0 Å². The van der Waals surface area contributed by atoms with Crippen molar-refractivity contribution >= 4 is 34.8 Å².